The molecule has 1 saturated heterocycles. The number of aromatic hydroxyl groups is 2. The van der Waals surface area contributed by atoms with Gasteiger partial charge in [0.05, 0.1) is 14.2 Å². The van der Waals surface area contributed by atoms with Gasteiger partial charge in [-0.3, -0.25) is 19.4 Å². The molecule has 2 N–H and O–H groups in total. The minimum Gasteiger partial charge on any atom is -0.504 e. The van der Waals surface area contributed by atoms with E-state index in [1.807, 2.05) is 88.4 Å². The number of carbonyl (C=O) groups is 2. The zero-order valence-electron chi connectivity index (χ0n) is 34.3. The lowest BCUT2D eigenvalue weighted by molar-refractivity contribution is 0.103. The number of benzene rings is 4. The van der Waals surface area contributed by atoms with Crippen LogP contribution in [0.2, 0.25) is 0 Å². The molecule has 1 heterocycles. The van der Waals surface area contributed by atoms with E-state index in [-0.39, 0.29) is 34.6 Å². The number of nitrogens with zero attached hydrogens (tertiary/aromatic N) is 2. The molecule has 58 heavy (non-hydrogen) atoms. The van der Waals surface area contributed by atoms with E-state index >= 15 is 0 Å². The predicted octanol–water partition coefficient (Wildman–Crippen LogP) is 8.92. The highest BCUT2D eigenvalue weighted by Crippen LogP contribution is 2.35. The van der Waals surface area contributed by atoms with Crippen LogP contribution in [0.15, 0.2) is 108 Å². The summed E-state index contributed by atoms with van der Waals surface area (Å²) in [7, 11) is 2.93. The first-order valence-corrected chi connectivity index (χ1v) is 19.3. The fraction of sp³-hybridized carbons (Fsp3) is 0.292. The van der Waals surface area contributed by atoms with E-state index in [2.05, 4.69) is 9.80 Å². The zero-order valence-corrected chi connectivity index (χ0v) is 34.3. The van der Waals surface area contributed by atoms with E-state index in [4.69, 9.17) is 18.9 Å². The van der Waals surface area contributed by atoms with Gasteiger partial charge in [-0.2, -0.15) is 0 Å². The van der Waals surface area contributed by atoms with E-state index in [1.54, 1.807) is 36.4 Å². The SMILES string of the molecule is COc1cc(C(=O)/C=C/c2ccc(OCC=C(C)C)cc2)cc(CN2CCN(Cc3cc(C(=O)/C=C/c4ccc(OCC=C(C)C)cc4)cc(OC)c3O)CC2)c1O. The molecule has 10 nitrogen and oxygen atoms in total. The molecule has 0 bridgehead atoms. The van der Waals surface area contributed by atoms with Gasteiger partial charge in [0, 0.05) is 61.5 Å². The molecule has 1 aliphatic rings. The predicted molar refractivity (Wildman–Crippen MR) is 229 cm³/mol. The Balaban J connectivity index is 1.18. The van der Waals surface area contributed by atoms with Crippen molar-refractivity contribution in [3.63, 3.8) is 0 Å². The van der Waals surface area contributed by atoms with Crippen LogP contribution in [0.25, 0.3) is 12.2 Å². The topological polar surface area (TPSA) is 118 Å². The third-order valence-electron chi connectivity index (χ3n) is 9.67. The average molecular weight is 787 g/mol. The maximum Gasteiger partial charge on any atom is 0.186 e. The molecule has 0 amide bonds. The second-order valence-corrected chi connectivity index (χ2v) is 14.6. The highest BCUT2D eigenvalue weighted by molar-refractivity contribution is 6.08. The lowest BCUT2D eigenvalue weighted by Crippen LogP contribution is -2.45. The molecule has 304 valence electrons. The number of phenols is 2. The average Bonchev–Trinajstić information content (AvgIpc) is 3.21. The van der Waals surface area contributed by atoms with Gasteiger partial charge in [0.2, 0.25) is 0 Å². The second-order valence-electron chi connectivity index (χ2n) is 14.6. The van der Waals surface area contributed by atoms with Gasteiger partial charge < -0.3 is 29.2 Å². The molecule has 1 fully saturated rings. The summed E-state index contributed by atoms with van der Waals surface area (Å²) in [5.74, 6) is 1.54. The Morgan fingerprint density at radius 2 is 0.948 bits per heavy atom. The van der Waals surface area contributed by atoms with Crippen LogP contribution in [0.4, 0.5) is 0 Å². The van der Waals surface area contributed by atoms with Crippen molar-refractivity contribution in [3.8, 4) is 34.5 Å². The van der Waals surface area contributed by atoms with Crippen LogP contribution in [-0.2, 0) is 13.1 Å². The number of piperazine rings is 1. The summed E-state index contributed by atoms with van der Waals surface area (Å²) >= 11 is 0. The maximum absolute atomic E-state index is 13.3. The Hall–Kier alpha value is -6.10. The van der Waals surface area contributed by atoms with Crippen LogP contribution in [-0.4, -0.2) is 85.2 Å². The van der Waals surface area contributed by atoms with Crippen LogP contribution in [0, 0.1) is 0 Å². The van der Waals surface area contributed by atoms with Gasteiger partial charge in [0.25, 0.3) is 0 Å². The Bertz CT molecular complexity index is 2000. The molecule has 4 aromatic carbocycles. The number of ketones is 2. The quantitative estimate of drug-likeness (QED) is 0.0575. The lowest BCUT2D eigenvalue weighted by atomic mass is 10.0. The van der Waals surface area contributed by atoms with E-state index < -0.39 is 0 Å². The van der Waals surface area contributed by atoms with Gasteiger partial charge in [-0.1, -0.05) is 47.6 Å². The van der Waals surface area contributed by atoms with E-state index in [1.165, 1.54) is 37.5 Å². The number of carbonyl (C=O) groups excluding carboxylic acids is 2. The van der Waals surface area contributed by atoms with Gasteiger partial charge in [0.15, 0.2) is 34.6 Å². The molecule has 1 aliphatic heterocycles. The van der Waals surface area contributed by atoms with Crippen LogP contribution in [0.1, 0.15) is 70.7 Å². The van der Waals surface area contributed by atoms with Crippen molar-refractivity contribution in [1.82, 2.24) is 9.80 Å². The van der Waals surface area contributed by atoms with Gasteiger partial charge >= 0.3 is 0 Å². The molecule has 0 radical (unpaired) electrons. The largest absolute Gasteiger partial charge is 0.504 e. The number of hydrogen-bond acceptors (Lipinski definition) is 10. The van der Waals surface area contributed by atoms with Crippen LogP contribution < -0.4 is 18.9 Å². The summed E-state index contributed by atoms with van der Waals surface area (Å²) in [5.41, 5.74) is 6.09. The van der Waals surface area contributed by atoms with E-state index in [9.17, 15) is 19.8 Å². The minimum atomic E-state index is -0.213. The first-order valence-electron chi connectivity index (χ1n) is 19.3. The molecule has 0 aromatic heterocycles. The fourth-order valence-corrected chi connectivity index (χ4v) is 6.25. The molecule has 0 saturated carbocycles. The molecule has 5 rings (SSSR count). The van der Waals surface area contributed by atoms with Crippen molar-refractivity contribution in [2.45, 2.75) is 40.8 Å². The summed E-state index contributed by atoms with van der Waals surface area (Å²) in [6.45, 7) is 12.6. The Labute approximate surface area is 341 Å². The van der Waals surface area contributed by atoms with Crippen molar-refractivity contribution in [1.29, 1.82) is 0 Å². The Morgan fingerprint density at radius 1 is 0.586 bits per heavy atom. The second kappa shape index (κ2) is 20.9. The fourth-order valence-electron chi connectivity index (χ4n) is 6.25. The van der Waals surface area contributed by atoms with Gasteiger partial charge in [-0.25, -0.2) is 0 Å². The summed E-state index contributed by atoms with van der Waals surface area (Å²) in [5, 5.41) is 22.0. The number of methoxy groups -OCH3 is 2. The Kier molecular flexibility index (Phi) is 15.5. The molecule has 4 aromatic rings. The minimum absolute atomic E-state index is 0.00266. The zero-order chi connectivity index (χ0) is 41.6. The monoisotopic (exact) mass is 786 g/mol. The highest BCUT2D eigenvalue weighted by atomic mass is 16.5. The molecule has 0 unspecified atom stereocenters. The van der Waals surface area contributed by atoms with Crippen molar-refractivity contribution in [2.24, 2.45) is 0 Å². The van der Waals surface area contributed by atoms with Gasteiger partial charge in [0.1, 0.15) is 24.7 Å². The summed E-state index contributed by atoms with van der Waals surface area (Å²) < 4.78 is 22.3. The third kappa shape index (κ3) is 12.4. The van der Waals surface area contributed by atoms with Gasteiger partial charge in [-0.15, -0.1) is 0 Å². The highest BCUT2D eigenvalue weighted by Gasteiger charge is 2.23. The number of hydrogen-bond donors (Lipinski definition) is 2. The van der Waals surface area contributed by atoms with Crippen molar-refractivity contribution in [3.05, 3.63) is 142 Å². The Morgan fingerprint density at radius 3 is 1.28 bits per heavy atom. The van der Waals surface area contributed by atoms with Crippen molar-refractivity contribution < 1.29 is 38.7 Å². The van der Waals surface area contributed by atoms with Crippen molar-refractivity contribution in [2.75, 3.05) is 53.6 Å². The first-order chi connectivity index (χ1) is 27.9. The summed E-state index contributed by atoms with van der Waals surface area (Å²) in [6.07, 6.45) is 10.5. The van der Waals surface area contributed by atoms with Crippen molar-refractivity contribution >= 4 is 23.7 Å². The third-order valence-corrected chi connectivity index (χ3v) is 9.67. The molecule has 10 heteroatoms. The molecular formula is C48H54N2O8. The van der Waals surface area contributed by atoms with Crippen LogP contribution in [0.3, 0.4) is 0 Å². The number of allylic oxidation sites excluding steroid dienone is 4. The number of ether oxygens (including phenoxy) is 4. The first kappa shape index (κ1) is 43.0. The number of rotatable bonds is 18. The normalized spacial score (nSPS) is 13.3. The molecule has 0 atom stereocenters. The molecule has 0 aliphatic carbocycles. The van der Waals surface area contributed by atoms with Crippen LogP contribution in [0.5, 0.6) is 34.5 Å². The van der Waals surface area contributed by atoms with E-state index in [0.29, 0.717) is 74.7 Å². The smallest absolute Gasteiger partial charge is 0.186 e. The summed E-state index contributed by atoms with van der Waals surface area (Å²) in [6, 6.07) is 21.6. The molecular weight excluding hydrogens is 733 g/mol. The summed E-state index contributed by atoms with van der Waals surface area (Å²) in [4.78, 5) is 31.0. The molecule has 0 spiro atoms. The lowest BCUT2D eigenvalue weighted by Gasteiger charge is -2.35. The van der Waals surface area contributed by atoms with Crippen LogP contribution >= 0.6 is 0 Å². The van der Waals surface area contributed by atoms with Gasteiger partial charge in [-0.05, 0) is 112 Å². The van der Waals surface area contributed by atoms with E-state index in [0.717, 1.165) is 22.6 Å². The number of phenolic OH excluding ortho intramolecular Hbond substituents is 2. The standard InChI is InChI=1S/C48H54N2O8/c1-33(2)19-25-57-41-13-7-35(8-14-41)11-17-43(51)37-27-39(47(53)45(29-37)55-5)31-49-21-23-50(24-22-49)32-40-28-38(30-46(56-6)48(40)54)44(52)18-12-36-9-15-42(16-10-36)58-26-20-34(3)4/h7-20,27-30,53-54H,21-26,31-32H2,1-6H3/b17-11+,18-12+. The maximum atomic E-state index is 13.3.